The molecule has 29 heteroatoms. The molecule has 0 aliphatic carbocycles. The van der Waals surface area contributed by atoms with Crippen molar-refractivity contribution in [2.45, 2.75) is 147 Å². The lowest BCUT2D eigenvalue weighted by molar-refractivity contribution is -0.142. The van der Waals surface area contributed by atoms with Gasteiger partial charge in [0.1, 0.15) is 60.7 Å². The molecule has 1 saturated heterocycles. The predicted octanol–water partition coefficient (Wildman–Crippen LogP) is 0.681. The number of benzene rings is 4. The number of H-pyrrole nitrogens is 1. The maximum Gasteiger partial charge on any atom is 0.408 e. The van der Waals surface area contributed by atoms with Crippen LogP contribution in [0.1, 0.15) is 94.9 Å². The standard InChI is InChI=1S/C64H84N14O13.C2H4O2/c1-4-68-61(88)53-22-14-30-78(53)62(89)47(21-13-29-69-63(66)67)71-56(83)48(31-38(2)3)72-57(84)49(32-39-15-7-5-8-16-39)73-58(85)50(33-40-23-25-43(80)26-24-40)74-60(87)52(36-79)76-59(86)51(34-42-35-70-45-20-12-11-19-44(42)45)75-55(82)46(27-28-54(65)81)77-64(90)91-37-41-17-9-6-10-18-41;1-2(3)4/h5-12,15-20,23-26,35,38,46-53,70,79-80H,4,13-14,21-22,27-34,36-37H2,1-3H3,(H2,65,81)(H,68,88)(H,71,83)(H,72,84)(H,73,85)(H,74,87)(H,75,82)(H,76,86)(H,77,90)(H4,66,67,69);1H3,(H,3,4)/t46-,47-,48-,49+,50-,51-,52-,53-;/m0./s1. The molecular weight excluding hydrogens is 1230 g/mol. The van der Waals surface area contributed by atoms with Crippen LogP contribution in [-0.4, -0.2) is 171 Å². The van der Waals surface area contributed by atoms with E-state index in [9.17, 15) is 58.2 Å². The topological polar surface area (TPSA) is 463 Å². The van der Waals surface area contributed by atoms with E-state index in [0.29, 0.717) is 52.5 Å². The molecule has 95 heavy (non-hydrogen) atoms. The predicted molar refractivity (Wildman–Crippen MR) is 351 cm³/mol. The molecule has 0 radical (unpaired) electrons. The van der Waals surface area contributed by atoms with Gasteiger partial charge in [-0.3, -0.25) is 52.9 Å². The highest BCUT2D eigenvalue weighted by atomic mass is 16.5. The number of likely N-dealkylation sites (tertiary alicyclic amines) is 1. The quantitative estimate of drug-likeness (QED) is 0.0153. The number of para-hydroxylation sites is 1. The number of fused-ring (bicyclic) bond motifs is 1. The number of ether oxygens (including phenoxy) is 1. The van der Waals surface area contributed by atoms with Crippen molar-refractivity contribution in [3.8, 4) is 5.75 Å². The van der Waals surface area contributed by atoms with E-state index in [4.69, 9.17) is 31.8 Å². The van der Waals surface area contributed by atoms with E-state index in [0.717, 1.165) is 6.92 Å². The number of aliphatic hydroxyl groups excluding tert-OH is 1. The van der Waals surface area contributed by atoms with Gasteiger partial charge in [-0.1, -0.05) is 105 Å². The van der Waals surface area contributed by atoms with Crippen molar-refractivity contribution in [1.29, 1.82) is 0 Å². The van der Waals surface area contributed by atoms with Crippen molar-refractivity contribution < 1.29 is 72.8 Å². The van der Waals surface area contributed by atoms with Crippen LogP contribution in [0.3, 0.4) is 0 Å². The molecule has 18 N–H and O–H groups in total. The number of aliphatic imine (C=N–C) groups is 1. The van der Waals surface area contributed by atoms with E-state index in [-0.39, 0.29) is 94.6 Å². The number of phenolic OH excluding ortho intramolecular Hbond substituents is 1. The molecule has 1 fully saturated rings. The van der Waals surface area contributed by atoms with E-state index in [2.05, 4.69) is 52.5 Å². The molecule has 29 nitrogen and oxygen atoms in total. The molecule has 512 valence electrons. The smallest absolute Gasteiger partial charge is 0.408 e. The van der Waals surface area contributed by atoms with Crippen LogP contribution in [0.2, 0.25) is 0 Å². The molecule has 6 rings (SSSR count). The van der Waals surface area contributed by atoms with Gasteiger partial charge in [0.25, 0.3) is 5.97 Å². The minimum Gasteiger partial charge on any atom is -0.508 e. The number of carboxylic acid groups (broad SMARTS) is 1. The van der Waals surface area contributed by atoms with Gasteiger partial charge in [0, 0.05) is 69.3 Å². The summed E-state index contributed by atoms with van der Waals surface area (Å²) in [5.41, 5.74) is 19.5. The van der Waals surface area contributed by atoms with E-state index >= 15 is 0 Å². The van der Waals surface area contributed by atoms with Crippen molar-refractivity contribution in [3.05, 3.63) is 138 Å². The molecule has 0 bridgehead atoms. The number of aliphatic hydroxyl groups is 1. The number of carbonyl (C=O) groups excluding carboxylic acids is 10. The van der Waals surface area contributed by atoms with Gasteiger partial charge in [0.2, 0.25) is 53.2 Å². The molecule has 2 heterocycles. The van der Waals surface area contributed by atoms with Gasteiger partial charge in [-0.2, -0.15) is 0 Å². The number of hydrogen-bond acceptors (Lipinski definition) is 15. The van der Waals surface area contributed by atoms with Gasteiger partial charge in [-0.15, -0.1) is 0 Å². The summed E-state index contributed by atoms with van der Waals surface area (Å²) in [6.07, 6.45) is 0.695. The van der Waals surface area contributed by atoms with E-state index in [1.54, 1.807) is 98.0 Å². The average Bonchev–Trinajstić information content (AvgIpc) is 1.78. The average molecular weight is 1320 g/mol. The first-order valence-electron chi connectivity index (χ1n) is 31.2. The number of amides is 10. The minimum atomic E-state index is -1.80. The number of likely N-dealkylation sites (N-methyl/N-ethyl adjacent to an activating group) is 1. The third kappa shape index (κ3) is 25.4. The van der Waals surface area contributed by atoms with E-state index in [1.165, 1.54) is 29.2 Å². The van der Waals surface area contributed by atoms with Crippen LogP contribution in [-0.2, 0) is 78.6 Å². The number of aromatic amines is 1. The van der Waals surface area contributed by atoms with Crippen LogP contribution in [0.15, 0.2) is 120 Å². The molecule has 1 aliphatic heterocycles. The minimum absolute atomic E-state index is 0.0690. The number of carboxylic acids is 1. The second kappa shape index (κ2) is 38.4. The molecule has 1 aliphatic rings. The summed E-state index contributed by atoms with van der Waals surface area (Å²) in [6.45, 7) is 6.04. The number of nitrogens with two attached hydrogens (primary N) is 3. The number of nitrogens with one attached hydrogen (secondary N) is 9. The zero-order valence-electron chi connectivity index (χ0n) is 53.6. The van der Waals surface area contributed by atoms with E-state index in [1.807, 2.05) is 13.8 Å². The van der Waals surface area contributed by atoms with Crippen LogP contribution in [0.5, 0.6) is 5.75 Å². The molecule has 0 saturated carbocycles. The van der Waals surface area contributed by atoms with Gasteiger partial charge >= 0.3 is 6.09 Å². The maximum absolute atomic E-state index is 14.9. The third-order valence-corrected chi connectivity index (χ3v) is 15.1. The number of aliphatic carboxylic acids is 1. The fraction of sp³-hybridized carbons (Fsp3) is 0.424. The van der Waals surface area contributed by atoms with Gasteiger partial charge in [0.15, 0.2) is 5.96 Å². The molecule has 1 aromatic heterocycles. The lowest BCUT2D eigenvalue weighted by atomic mass is 9.99. The normalized spacial score (nSPS) is 14.7. The highest BCUT2D eigenvalue weighted by Gasteiger charge is 2.39. The summed E-state index contributed by atoms with van der Waals surface area (Å²) in [5.74, 6) is -8.41. The summed E-state index contributed by atoms with van der Waals surface area (Å²) < 4.78 is 5.34. The van der Waals surface area contributed by atoms with Crippen molar-refractivity contribution in [2.75, 3.05) is 26.2 Å². The highest BCUT2D eigenvalue weighted by molar-refractivity contribution is 5.99. The van der Waals surface area contributed by atoms with Crippen molar-refractivity contribution in [3.63, 3.8) is 0 Å². The summed E-state index contributed by atoms with van der Waals surface area (Å²) in [7, 11) is 0. The fourth-order valence-corrected chi connectivity index (χ4v) is 10.4. The number of rotatable bonds is 34. The second-order valence-corrected chi connectivity index (χ2v) is 23.1. The number of alkyl carbamates (subject to hydrolysis) is 1. The van der Waals surface area contributed by atoms with Crippen LogP contribution in [0.4, 0.5) is 4.79 Å². The van der Waals surface area contributed by atoms with Gasteiger partial charge in [-0.25, -0.2) is 4.79 Å². The Morgan fingerprint density at radius 3 is 1.71 bits per heavy atom. The number of nitrogens with zero attached hydrogens (tertiary/aromatic N) is 2. The Morgan fingerprint density at radius 1 is 0.632 bits per heavy atom. The number of primary amides is 1. The number of phenols is 1. The van der Waals surface area contributed by atoms with E-state index < -0.39 is 114 Å². The summed E-state index contributed by atoms with van der Waals surface area (Å²) in [4.78, 5) is 158. The maximum atomic E-state index is 14.9. The Labute approximate surface area is 549 Å². The summed E-state index contributed by atoms with van der Waals surface area (Å²) in [5, 5.41) is 50.4. The Morgan fingerprint density at radius 2 is 1.14 bits per heavy atom. The Kier molecular flexibility index (Phi) is 30.4. The first kappa shape index (κ1) is 75.1. The van der Waals surface area contributed by atoms with Gasteiger partial charge in [0.05, 0.1) is 6.61 Å². The van der Waals surface area contributed by atoms with Crippen LogP contribution in [0, 0.1) is 5.92 Å². The molecular formula is C66H88N14O15. The number of guanidine groups is 1. The van der Waals surface area contributed by atoms with Gasteiger partial charge < -0.3 is 89.7 Å². The first-order chi connectivity index (χ1) is 45.3. The largest absolute Gasteiger partial charge is 0.508 e. The number of aromatic hydroxyl groups is 1. The molecule has 0 unspecified atom stereocenters. The summed E-state index contributed by atoms with van der Waals surface area (Å²) >= 11 is 0. The lowest BCUT2D eigenvalue weighted by Crippen LogP contribution is -2.61. The third-order valence-electron chi connectivity index (χ3n) is 15.1. The van der Waals surface area contributed by atoms with Crippen molar-refractivity contribution >= 4 is 82.1 Å². The molecule has 8 atom stereocenters. The Hall–Kier alpha value is -10.6. The molecule has 10 amide bonds. The number of carbonyl (C=O) groups is 11. The van der Waals surface area contributed by atoms with Crippen LogP contribution < -0.4 is 59.7 Å². The monoisotopic (exact) mass is 1320 g/mol. The highest BCUT2D eigenvalue weighted by Crippen LogP contribution is 2.22. The van der Waals surface area contributed by atoms with Crippen LogP contribution >= 0.6 is 0 Å². The Bertz CT molecular complexity index is 3420. The SMILES string of the molecule is CC(=O)O.CCNC(=O)[C@@H]1CCCN1C(=O)[C@H](CCCN=C(N)N)NC(=O)[C@H](CC(C)C)NC(=O)[C@@H](Cc1ccccc1)NC(=O)[C@H](Cc1ccc(O)cc1)NC(=O)[C@H](CO)NC(=O)[C@H](Cc1c[nH]c2ccccc12)NC(=O)[C@H](CCC(N)=O)NC(=O)OCc1ccccc1. The second-order valence-electron chi connectivity index (χ2n) is 23.1. The Balaban J connectivity index is 0.00000397. The first-order valence-corrected chi connectivity index (χ1v) is 31.2. The molecule has 5 aromatic rings. The zero-order chi connectivity index (χ0) is 69.6. The van der Waals surface area contributed by atoms with Gasteiger partial charge in [-0.05, 0) is 91.8 Å². The summed E-state index contributed by atoms with van der Waals surface area (Å²) in [6, 6.07) is 19.1. The molecule has 4 aromatic carbocycles. The zero-order valence-corrected chi connectivity index (χ0v) is 53.6. The number of aromatic nitrogens is 1. The van der Waals surface area contributed by atoms with Crippen LogP contribution in [0.25, 0.3) is 10.9 Å². The number of hydrogen-bond donors (Lipinski definition) is 15. The van der Waals surface area contributed by atoms with Crippen molar-refractivity contribution in [1.82, 2.24) is 52.4 Å². The van der Waals surface area contributed by atoms with Crippen molar-refractivity contribution in [2.24, 2.45) is 28.1 Å². The fourth-order valence-electron chi connectivity index (χ4n) is 10.4. The molecule has 0 spiro atoms. The lowest BCUT2D eigenvalue weighted by Gasteiger charge is -2.30.